The topological polar surface area (TPSA) is 69.0 Å². The van der Waals surface area contributed by atoms with Gasteiger partial charge in [0.2, 0.25) is 0 Å². The number of amides is 1. The molecule has 162 valence electrons. The number of hydrogen-bond donors (Lipinski definition) is 1. The summed E-state index contributed by atoms with van der Waals surface area (Å²) in [5, 5.41) is 12.4. The largest absolute Gasteiger partial charge is 0.495 e. The first-order chi connectivity index (χ1) is 16.1. The fourth-order valence-electron chi connectivity index (χ4n) is 3.54. The number of anilines is 1. The highest BCUT2D eigenvalue weighted by Gasteiger charge is 2.11. The monoisotopic (exact) mass is 454 g/mol. The Kier molecular flexibility index (Phi) is 5.50. The van der Waals surface area contributed by atoms with Crippen LogP contribution in [0.1, 0.15) is 10.4 Å². The van der Waals surface area contributed by atoms with Gasteiger partial charge in [0, 0.05) is 11.3 Å². The normalized spacial score (nSPS) is 10.8. The molecule has 0 radical (unpaired) electrons. The average Bonchev–Trinajstić information content (AvgIpc) is 3.28. The molecule has 5 aromatic rings. The van der Waals surface area contributed by atoms with E-state index in [9.17, 15) is 4.79 Å². The minimum absolute atomic E-state index is 0.191. The first-order valence-electron chi connectivity index (χ1n) is 10.3. The zero-order chi connectivity index (χ0) is 22.8. The molecule has 33 heavy (non-hydrogen) atoms. The number of aromatic nitrogens is 3. The zero-order valence-electron chi connectivity index (χ0n) is 17.7. The van der Waals surface area contributed by atoms with Crippen molar-refractivity contribution >= 4 is 34.2 Å². The summed E-state index contributed by atoms with van der Waals surface area (Å²) in [6.07, 6.45) is 0. The molecule has 0 atom stereocenters. The van der Waals surface area contributed by atoms with Crippen LogP contribution in [0.2, 0.25) is 5.02 Å². The molecule has 7 heteroatoms. The number of nitrogens with one attached hydrogen (secondary N) is 1. The first kappa shape index (κ1) is 20.7. The van der Waals surface area contributed by atoms with Crippen molar-refractivity contribution < 1.29 is 9.53 Å². The van der Waals surface area contributed by atoms with Crippen LogP contribution in [0, 0.1) is 0 Å². The average molecular weight is 455 g/mol. The molecule has 0 fully saturated rings. The summed E-state index contributed by atoms with van der Waals surface area (Å²) in [5.41, 5.74) is 5.44. The van der Waals surface area contributed by atoms with E-state index in [2.05, 4.69) is 15.5 Å². The van der Waals surface area contributed by atoms with E-state index in [0.29, 0.717) is 38.7 Å². The predicted octanol–water partition coefficient (Wildman–Crippen LogP) is 6.00. The number of ether oxygens (including phenoxy) is 1. The maximum atomic E-state index is 12.7. The number of hydrogen-bond acceptors (Lipinski definition) is 4. The molecule has 1 aromatic heterocycles. The van der Waals surface area contributed by atoms with Gasteiger partial charge in [-0.25, -0.2) is 0 Å². The van der Waals surface area contributed by atoms with Crippen molar-refractivity contribution in [3.05, 3.63) is 102 Å². The number of nitrogens with zero attached hydrogens (tertiary/aromatic N) is 3. The van der Waals surface area contributed by atoms with Gasteiger partial charge in [-0.2, -0.15) is 4.80 Å². The van der Waals surface area contributed by atoms with Crippen LogP contribution in [-0.4, -0.2) is 28.0 Å². The maximum absolute atomic E-state index is 12.7. The van der Waals surface area contributed by atoms with E-state index in [1.54, 1.807) is 31.4 Å². The van der Waals surface area contributed by atoms with E-state index in [-0.39, 0.29) is 5.91 Å². The van der Waals surface area contributed by atoms with Crippen molar-refractivity contribution in [2.24, 2.45) is 0 Å². The molecule has 0 aliphatic heterocycles. The molecule has 5 rings (SSSR count). The SMILES string of the molecule is COc1ccc(-n2nc3ccc(NC(=O)c4ccc(-c5ccccc5)cc4)cc3n2)cc1Cl. The lowest BCUT2D eigenvalue weighted by molar-refractivity contribution is 0.102. The van der Waals surface area contributed by atoms with Crippen LogP contribution in [0.15, 0.2) is 91.0 Å². The Morgan fingerprint density at radius 3 is 2.30 bits per heavy atom. The number of methoxy groups -OCH3 is 1. The highest BCUT2D eigenvalue weighted by molar-refractivity contribution is 6.32. The summed E-state index contributed by atoms with van der Waals surface area (Å²) in [7, 11) is 1.56. The van der Waals surface area contributed by atoms with Crippen LogP contribution in [-0.2, 0) is 0 Å². The van der Waals surface area contributed by atoms with Crippen molar-refractivity contribution in [2.45, 2.75) is 0 Å². The van der Waals surface area contributed by atoms with Gasteiger partial charge in [0.25, 0.3) is 5.91 Å². The lowest BCUT2D eigenvalue weighted by Crippen LogP contribution is -2.11. The number of carbonyl (C=O) groups is 1. The Labute approximate surface area is 195 Å². The fourth-order valence-corrected chi connectivity index (χ4v) is 3.79. The molecule has 0 aliphatic carbocycles. The van der Waals surface area contributed by atoms with Gasteiger partial charge in [0.15, 0.2) is 0 Å². The third kappa shape index (κ3) is 4.29. The van der Waals surface area contributed by atoms with Crippen LogP contribution < -0.4 is 10.1 Å². The van der Waals surface area contributed by atoms with Crippen LogP contribution >= 0.6 is 11.6 Å². The summed E-state index contributed by atoms with van der Waals surface area (Å²) >= 11 is 6.22. The summed E-state index contributed by atoms with van der Waals surface area (Å²) in [6.45, 7) is 0. The molecule has 0 saturated carbocycles. The van der Waals surface area contributed by atoms with Gasteiger partial charge < -0.3 is 10.1 Å². The van der Waals surface area contributed by atoms with Crippen LogP contribution in [0.4, 0.5) is 5.69 Å². The standard InChI is InChI=1S/C26H19ClN4O2/c1-33-25-14-12-21(16-22(25)27)31-29-23-13-11-20(15-24(23)30-31)28-26(32)19-9-7-18(8-10-19)17-5-3-2-4-6-17/h2-16H,1H3,(H,28,32). The molecule has 0 unspecified atom stereocenters. The number of halogens is 1. The van der Waals surface area contributed by atoms with Crippen LogP contribution in [0.5, 0.6) is 5.75 Å². The highest BCUT2D eigenvalue weighted by Crippen LogP contribution is 2.27. The molecular weight excluding hydrogens is 436 g/mol. The quantitative estimate of drug-likeness (QED) is 0.353. The Bertz CT molecular complexity index is 1450. The molecule has 1 amide bonds. The lowest BCUT2D eigenvalue weighted by atomic mass is 10.0. The molecule has 1 heterocycles. The van der Waals surface area contributed by atoms with Crippen molar-refractivity contribution in [1.82, 2.24) is 15.0 Å². The van der Waals surface area contributed by atoms with Crippen LogP contribution in [0.3, 0.4) is 0 Å². The van der Waals surface area contributed by atoms with Crippen LogP contribution in [0.25, 0.3) is 27.8 Å². The molecular formula is C26H19ClN4O2. The van der Waals surface area contributed by atoms with Crippen molar-refractivity contribution in [2.75, 3.05) is 12.4 Å². The highest BCUT2D eigenvalue weighted by atomic mass is 35.5. The first-order valence-corrected chi connectivity index (χ1v) is 10.7. The summed E-state index contributed by atoms with van der Waals surface area (Å²) < 4.78 is 5.19. The third-order valence-corrected chi connectivity index (χ3v) is 5.55. The Balaban J connectivity index is 1.35. The van der Waals surface area contributed by atoms with Gasteiger partial charge in [0.05, 0.1) is 17.8 Å². The number of fused-ring (bicyclic) bond motifs is 1. The molecule has 6 nitrogen and oxygen atoms in total. The summed E-state index contributed by atoms with van der Waals surface area (Å²) in [6, 6.07) is 28.3. The Morgan fingerprint density at radius 2 is 1.58 bits per heavy atom. The van der Waals surface area contributed by atoms with E-state index < -0.39 is 0 Å². The zero-order valence-corrected chi connectivity index (χ0v) is 18.5. The second-order valence-corrected chi connectivity index (χ2v) is 7.82. The van der Waals surface area contributed by atoms with Crippen molar-refractivity contribution in [3.8, 4) is 22.6 Å². The maximum Gasteiger partial charge on any atom is 0.255 e. The van der Waals surface area contributed by atoms with Gasteiger partial charge >= 0.3 is 0 Å². The van der Waals surface area contributed by atoms with Crippen molar-refractivity contribution in [1.29, 1.82) is 0 Å². The molecule has 0 aliphatic rings. The van der Waals surface area contributed by atoms with Gasteiger partial charge in [0.1, 0.15) is 16.8 Å². The second-order valence-electron chi connectivity index (χ2n) is 7.41. The minimum atomic E-state index is -0.191. The smallest absolute Gasteiger partial charge is 0.255 e. The molecule has 0 saturated heterocycles. The van der Waals surface area contributed by atoms with Gasteiger partial charge in [-0.05, 0) is 59.7 Å². The van der Waals surface area contributed by atoms with E-state index in [0.717, 1.165) is 11.1 Å². The Morgan fingerprint density at radius 1 is 0.848 bits per heavy atom. The minimum Gasteiger partial charge on any atom is -0.495 e. The number of rotatable bonds is 5. The lowest BCUT2D eigenvalue weighted by Gasteiger charge is -2.06. The third-order valence-electron chi connectivity index (χ3n) is 5.26. The number of carbonyl (C=O) groups excluding carboxylic acids is 1. The van der Waals surface area contributed by atoms with E-state index in [1.807, 2.05) is 66.7 Å². The molecule has 1 N–H and O–H groups in total. The summed E-state index contributed by atoms with van der Waals surface area (Å²) in [5.74, 6) is 0.391. The van der Waals surface area contributed by atoms with E-state index in [4.69, 9.17) is 16.3 Å². The molecule has 4 aromatic carbocycles. The Hall–Kier alpha value is -4.16. The van der Waals surface area contributed by atoms with E-state index >= 15 is 0 Å². The number of benzene rings is 4. The van der Waals surface area contributed by atoms with Gasteiger partial charge in [-0.3, -0.25) is 4.79 Å². The molecule has 0 spiro atoms. The van der Waals surface area contributed by atoms with Crippen molar-refractivity contribution in [3.63, 3.8) is 0 Å². The van der Waals surface area contributed by atoms with Gasteiger partial charge in [-0.15, -0.1) is 10.2 Å². The molecule has 0 bridgehead atoms. The fraction of sp³-hybridized carbons (Fsp3) is 0.0385. The second kappa shape index (κ2) is 8.76. The van der Waals surface area contributed by atoms with Gasteiger partial charge in [-0.1, -0.05) is 54.1 Å². The predicted molar refractivity (Wildman–Crippen MR) is 130 cm³/mol. The van der Waals surface area contributed by atoms with E-state index in [1.165, 1.54) is 4.80 Å². The summed E-state index contributed by atoms with van der Waals surface area (Å²) in [4.78, 5) is 14.2.